The van der Waals surface area contributed by atoms with Crippen molar-refractivity contribution in [1.82, 2.24) is 9.78 Å². The first-order chi connectivity index (χ1) is 10.3. The van der Waals surface area contributed by atoms with Gasteiger partial charge in [0.15, 0.2) is 6.10 Å². The molecule has 2 aromatic rings. The number of amides is 1. The van der Waals surface area contributed by atoms with E-state index < -0.39 is 6.10 Å². The average Bonchev–Trinajstić information content (AvgIpc) is 2.92. The zero-order chi connectivity index (χ0) is 14.7. The van der Waals surface area contributed by atoms with Gasteiger partial charge in [0.1, 0.15) is 11.5 Å². The lowest BCUT2D eigenvalue weighted by molar-refractivity contribution is -0.126. The molecule has 0 spiro atoms. The minimum absolute atomic E-state index is 0.202. The van der Waals surface area contributed by atoms with Gasteiger partial charge in [0.05, 0.1) is 6.20 Å². The maximum Gasteiger partial charge on any atom is 0.258 e. The maximum atomic E-state index is 12.4. The minimum atomic E-state index is -0.634. The molecule has 6 nitrogen and oxygen atoms in total. The molecule has 0 saturated carbocycles. The molecule has 0 saturated heterocycles. The Balaban J connectivity index is 1.78. The van der Waals surface area contributed by atoms with Crippen molar-refractivity contribution in [2.24, 2.45) is 0 Å². The Hall–Kier alpha value is -2.34. The summed E-state index contributed by atoms with van der Waals surface area (Å²) in [4.78, 5) is 12.4. The highest BCUT2D eigenvalue weighted by atomic mass is 16.5. The van der Waals surface area contributed by atoms with Crippen LogP contribution in [0, 0.1) is 0 Å². The molecule has 2 heterocycles. The number of hydrogen-bond acceptors (Lipinski definition) is 4. The summed E-state index contributed by atoms with van der Waals surface area (Å²) in [5, 5.41) is 10.4. The van der Waals surface area contributed by atoms with Gasteiger partial charge in [0.2, 0.25) is 0 Å². The molecule has 0 radical (unpaired) electrons. The van der Waals surface area contributed by atoms with Crippen LogP contribution in [0.4, 0.5) is 11.5 Å². The van der Waals surface area contributed by atoms with Crippen LogP contribution in [0.25, 0.3) is 0 Å². The molecule has 1 aromatic heterocycles. The van der Waals surface area contributed by atoms with Crippen LogP contribution in [0.15, 0.2) is 36.5 Å². The third-order valence-electron chi connectivity index (χ3n) is 3.51. The number of aryl methyl sites for hydroxylation is 1. The van der Waals surface area contributed by atoms with Crippen molar-refractivity contribution < 1.29 is 9.53 Å². The third-order valence-corrected chi connectivity index (χ3v) is 3.51. The lowest BCUT2D eigenvalue weighted by Crippen LogP contribution is -2.24. The van der Waals surface area contributed by atoms with Gasteiger partial charge in [0, 0.05) is 20.2 Å². The Bertz CT molecular complexity index is 624. The zero-order valence-electron chi connectivity index (χ0n) is 11.9. The first-order valence-electron chi connectivity index (χ1n) is 6.98. The Morgan fingerprint density at radius 3 is 3.00 bits per heavy atom. The number of aromatic nitrogens is 2. The SMILES string of the molecule is COC(C(=O)Nc1cnn2c1NCCC2)c1ccccc1. The molecule has 0 fully saturated rings. The van der Waals surface area contributed by atoms with Crippen molar-refractivity contribution in [2.45, 2.75) is 19.1 Å². The standard InChI is InChI=1S/C15H18N4O2/c1-21-13(11-6-3-2-4-7-11)15(20)18-12-10-17-19-9-5-8-16-14(12)19/h2-4,6-7,10,13,16H,5,8-9H2,1H3,(H,18,20). The fraction of sp³-hybridized carbons (Fsp3) is 0.333. The number of nitrogens with zero attached hydrogens (tertiary/aromatic N) is 2. The molecular formula is C15H18N4O2. The summed E-state index contributed by atoms with van der Waals surface area (Å²) >= 11 is 0. The minimum Gasteiger partial charge on any atom is -0.368 e. The van der Waals surface area contributed by atoms with E-state index in [1.165, 1.54) is 7.11 Å². The summed E-state index contributed by atoms with van der Waals surface area (Å²) in [5.41, 5.74) is 1.52. The van der Waals surface area contributed by atoms with Crippen LogP contribution in [-0.2, 0) is 16.1 Å². The highest BCUT2D eigenvalue weighted by Crippen LogP contribution is 2.26. The number of ether oxygens (including phenoxy) is 1. The maximum absolute atomic E-state index is 12.4. The predicted molar refractivity (Wildman–Crippen MR) is 80.2 cm³/mol. The van der Waals surface area contributed by atoms with Gasteiger partial charge in [-0.1, -0.05) is 30.3 Å². The number of nitrogens with one attached hydrogen (secondary N) is 2. The summed E-state index contributed by atoms with van der Waals surface area (Å²) in [6.07, 6.45) is 2.07. The van der Waals surface area contributed by atoms with Crippen LogP contribution < -0.4 is 10.6 Å². The molecule has 0 aliphatic carbocycles. The average molecular weight is 286 g/mol. The highest BCUT2D eigenvalue weighted by molar-refractivity contribution is 5.97. The Morgan fingerprint density at radius 2 is 2.24 bits per heavy atom. The molecule has 1 aliphatic rings. The lowest BCUT2D eigenvalue weighted by Gasteiger charge is -2.19. The fourth-order valence-electron chi connectivity index (χ4n) is 2.49. The number of hydrogen-bond donors (Lipinski definition) is 2. The molecule has 3 rings (SSSR count). The van der Waals surface area contributed by atoms with Crippen molar-refractivity contribution in [3.05, 3.63) is 42.1 Å². The predicted octanol–water partition coefficient (Wildman–Crippen LogP) is 2.02. The van der Waals surface area contributed by atoms with E-state index in [1.54, 1.807) is 6.20 Å². The van der Waals surface area contributed by atoms with Crippen molar-refractivity contribution in [3.8, 4) is 0 Å². The highest BCUT2D eigenvalue weighted by Gasteiger charge is 2.23. The number of carbonyl (C=O) groups is 1. The van der Waals surface area contributed by atoms with Gasteiger partial charge < -0.3 is 15.4 Å². The van der Waals surface area contributed by atoms with E-state index in [0.717, 1.165) is 30.9 Å². The summed E-state index contributed by atoms with van der Waals surface area (Å²) in [7, 11) is 1.53. The number of benzene rings is 1. The number of anilines is 2. The van der Waals surface area contributed by atoms with Gasteiger partial charge in [-0.15, -0.1) is 0 Å². The molecule has 1 aromatic carbocycles. The van der Waals surface area contributed by atoms with E-state index in [-0.39, 0.29) is 5.91 Å². The molecule has 6 heteroatoms. The van der Waals surface area contributed by atoms with E-state index in [2.05, 4.69) is 15.7 Å². The Labute approximate surface area is 123 Å². The summed E-state index contributed by atoms with van der Waals surface area (Å²) in [5.74, 6) is 0.657. The van der Waals surface area contributed by atoms with Crippen LogP contribution in [0.1, 0.15) is 18.1 Å². The van der Waals surface area contributed by atoms with Gasteiger partial charge in [-0.2, -0.15) is 5.10 Å². The monoisotopic (exact) mass is 286 g/mol. The summed E-state index contributed by atoms with van der Waals surface area (Å²) < 4.78 is 7.20. The molecule has 1 amide bonds. The molecule has 21 heavy (non-hydrogen) atoms. The second-order valence-corrected chi connectivity index (χ2v) is 4.93. The van der Waals surface area contributed by atoms with Crippen LogP contribution in [-0.4, -0.2) is 29.3 Å². The molecule has 1 unspecified atom stereocenters. The largest absolute Gasteiger partial charge is 0.368 e. The van der Waals surface area contributed by atoms with Crippen LogP contribution in [0.2, 0.25) is 0 Å². The zero-order valence-corrected chi connectivity index (χ0v) is 11.9. The fourth-order valence-corrected chi connectivity index (χ4v) is 2.49. The van der Waals surface area contributed by atoms with Crippen molar-refractivity contribution >= 4 is 17.4 Å². The van der Waals surface area contributed by atoms with E-state index in [4.69, 9.17) is 4.74 Å². The normalized spacial score (nSPS) is 14.9. The van der Waals surface area contributed by atoms with Gasteiger partial charge in [-0.3, -0.25) is 4.79 Å². The molecule has 0 bridgehead atoms. The van der Waals surface area contributed by atoms with Crippen LogP contribution >= 0.6 is 0 Å². The number of rotatable bonds is 4. The van der Waals surface area contributed by atoms with Crippen LogP contribution in [0.3, 0.4) is 0 Å². The van der Waals surface area contributed by atoms with Crippen molar-refractivity contribution in [1.29, 1.82) is 0 Å². The van der Waals surface area contributed by atoms with E-state index in [9.17, 15) is 4.79 Å². The number of carbonyl (C=O) groups excluding carboxylic acids is 1. The van der Waals surface area contributed by atoms with E-state index in [1.807, 2.05) is 35.0 Å². The first-order valence-corrected chi connectivity index (χ1v) is 6.98. The smallest absolute Gasteiger partial charge is 0.258 e. The quantitative estimate of drug-likeness (QED) is 0.902. The van der Waals surface area contributed by atoms with Crippen molar-refractivity contribution in [2.75, 3.05) is 24.3 Å². The topological polar surface area (TPSA) is 68.2 Å². The summed E-state index contributed by atoms with van der Waals surface area (Å²) in [6, 6.07) is 9.43. The first kappa shape index (κ1) is 13.6. The van der Waals surface area contributed by atoms with E-state index in [0.29, 0.717) is 5.69 Å². The summed E-state index contributed by atoms with van der Waals surface area (Å²) in [6.45, 7) is 1.76. The van der Waals surface area contributed by atoms with Gasteiger partial charge in [-0.25, -0.2) is 4.68 Å². The molecule has 2 N–H and O–H groups in total. The molecular weight excluding hydrogens is 268 g/mol. The second-order valence-electron chi connectivity index (χ2n) is 4.93. The van der Waals surface area contributed by atoms with Crippen molar-refractivity contribution in [3.63, 3.8) is 0 Å². The van der Waals surface area contributed by atoms with Gasteiger partial charge in [0.25, 0.3) is 5.91 Å². The third kappa shape index (κ3) is 2.75. The molecule has 1 aliphatic heterocycles. The lowest BCUT2D eigenvalue weighted by atomic mass is 10.1. The molecule has 110 valence electrons. The number of methoxy groups -OCH3 is 1. The molecule has 1 atom stereocenters. The van der Waals surface area contributed by atoms with E-state index >= 15 is 0 Å². The Morgan fingerprint density at radius 1 is 1.43 bits per heavy atom. The number of fused-ring (bicyclic) bond motifs is 1. The van der Waals surface area contributed by atoms with Crippen LogP contribution in [0.5, 0.6) is 0 Å². The van der Waals surface area contributed by atoms with Gasteiger partial charge in [-0.05, 0) is 12.0 Å². The Kier molecular flexibility index (Phi) is 3.87. The second kappa shape index (κ2) is 5.97. The van der Waals surface area contributed by atoms with Gasteiger partial charge >= 0.3 is 0 Å².